The predicted octanol–water partition coefficient (Wildman–Crippen LogP) is 4.90. The van der Waals surface area contributed by atoms with Gasteiger partial charge in [0.2, 0.25) is 0 Å². The molecule has 0 aliphatic heterocycles. The molecule has 0 fully saturated rings. The Morgan fingerprint density at radius 2 is 1.00 bits per heavy atom. The van der Waals surface area contributed by atoms with Crippen LogP contribution in [-0.4, -0.2) is 0 Å². The zero-order valence-corrected chi connectivity index (χ0v) is 11.6. The van der Waals surface area contributed by atoms with Crippen molar-refractivity contribution < 1.29 is 4.74 Å². The van der Waals surface area contributed by atoms with E-state index in [4.69, 9.17) is 4.74 Å². The fourth-order valence-electron chi connectivity index (χ4n) is 0.592. The highest BCUT2D eigenvalue weighted by atomic mass is 16.5. The molecule has 0 spiro atoms. The molecule has 0 saturated heterocycles. The minimum absolute atomic E-state index is 0.184. The van der Waals surface area contributed by atoms with E-state index in [1.807, 2.05) is 12.5 Å². The van der Waals surface area contributed by atoms with Gasteiger partial charge in [0, 0.05) is 0 Å². The predicted molar refractivity (Wildman–Crippen MR) is 67.5 cm³/mol. The van der Waals surface area contributed by atoms with E-state index >= 15 is 0 Å². The Labute approximate surface area is 95.2 Å². The van der Waals surface area contributed by atoms with E-state index in [2.05, 4.69) is 55.4 Å². The van der Waals surface area contributed by atoms with Crippen LogP contribution in [0.5, 0.6) is 0 Å². The van der Waals surface area contributed by atoms with Gasteiger partial charge in [0.25, 0.3) is 0 Å². The van der Waals surface area contributed by atoms with Gasteiger partial charge in [-0.15, -0.1) is 0 Å². The lowest BCUT2D eigenvalue weighted by Gasteiger charge is -2.20. The van der Waals surface area contributed by atoms with Crippen LogP contribution in [0, 0.1) is 10.8 Å². The topological polar surface area (TPSA) is 9.23 Å². The Hall–Kier alpha value is -0.720. The number of allylic oxidation sites excluding steroid dienone is 2. The highest BCUT2D eigenvalue weighted by Gasteiger charge is 2.14. The van der Waals surface area contributed by atoms with Crippen molar-refractivity contribution in [3.8, 4) is 0 Å². The summed E-state index contributed by atoms with van der Waals surface area (Å²) in [6.07, 6.45) is 3.68. The third kappa shape index (κ3) is 5.66. The molecule has 15 heavy (non-hydrogen) atoms. The normalized spacial score (nSPS) is 15.5. The van der Waals surface area contributed by atoms with Crippen molar-refractivity contribution in [2.45, 2.75) is 55.4 Å². The van der Waals surface area contributed by atoms with Gasteiger partial charge in [0.15, 0.2) is 0 Å². The molecular formula is C14H26O. The second kappa shape index (κ2) is 4.87. The zero-order chi connectivity index (χ0) is 12.3. The van der Waals surface area contributed by atoms with Crippen molar-refractivity contribution >= 4 is 0 Å². The molecule has 88 valence electrons. The van der Waals surface area contributed by atoms with Crippen LogP contribution in [0.3, 0.4) is 0 Å². The molecule has 0 heterocycles. The van der Waals surface area contributed by atoms with Gasteiger partial charge in [0.05, 0.1) is 12.5 Å². The summed E-state index contributed by atoms with van der Waals surface area (Å²) in [5, 5.41) is 0. The van der Waals surface area contributed by atoms with Crippen LogP contribution in [0.4, 0.5) is 0 Å². The van der Waals surface area contributed by atoms with Gasteiger partial charge in [-0.05, 0) is 35.8 Å². The maximum atomic E-state index is 5.49. The minimum Gasteiger partial charge on any atom is -0.473 e. The molecule has 0 aromatic rings. The van der Waals surface area contributed by atoms with Crippen LogP contribution >= 0.6 is 0 Å². The van der Waals surface area contributed by atoms with E-state index in [-0.39, 0.29) is 10.8 Å². The molecule has 1 heteroatoms. The van der Waals surface area contributed by atoms with E-state index < -0.39 is 0 Å². The Bertz CT molecular complexity index is 228. The van der Waals surface area contributed by atoms with Crippen molar-refractivity contribution in [3.05, 3.63) is 23.7 Å². The quantitative estimate of drug-likeness (QED) is 0.589. The number of rotatable bonds is 2. The Balaban J connectivity index is 4.44. The van der Waals surface area contributed by atoms with Crippen LogP contribution in [0.1, 0.15) is 55.4 Å². The largest absolute Gasteiger partial charge is 0.473 e. The van der Waals surface area contributed by atoms with E-state index in [9.17, 15) is 0 Å². The molecule has 0 atom stereocenters. The maximum Gasteiger partial charge on any atom is 0.0895 e. The average Bonchev–Trinajstić information content (AvgIpc) is 2.00. The van der Waals surface area contributed by atoms with Crippen LogP contribution in [-0.2, 0) is 4.74 Å². The number of ether oxygens (including phenoxy) is 1. The van der Waals surface area contributed by atoms with Gasteiger partial charge in [-0.3, -0.25) is 0 Å². The highest BCUT2D eigenvalue weighted by Crippen LogP contribution is 2.26. The van der Waals surface area contributed by atoms with Gasteiger partial charge in [0.1, 0.15) is 0 Å². The zero-order valence-electron chi connectivity index (χ0n) is 11.6. The Morgan fingerprint density at radius 3 is 1.20 bits per heavy atom. The second-order valence-electron chi connectivity index (χ2n) is 6.24. The van der Waals surface area contributed by atoms with E-state index in [0.717, 1.165) is 0 Å². The van der Waals surface area contributed by atoms with Crippen molar-refractivity contribution in [1.29, 1.82) is 0 Å². The molecule has 0 aromatic heterocycles. The van der Waals surface area contributed by atoms with Gasteiger partial charge >= 0.3 is 0 Å². The summed E-state index contributed by atoms with van der Waals surface area (Å²) >= 11 is 0. The third-order valence-electron chi connectivity index (χ3n) is 2.86. The molecule has 0 aliphatic rings. The van der Waals surface area contributed by atoms with Crippen LogP contribution in [0.25, 0.3) is 0 Å². The van der Waals surface area contributed by atoms with Crippen LogP contribution < -0.4 is 0 Å². The van der Waals surface area contributed by atoms with E-state index in [0.29, 0.717) is 0 Å². The molecule has 0 N–H and O–H groups in total. The second-order valence-corrected chi connectivity index (χ2v) is 6.24. The number of hydrogen-bond donors (Lipinski definition) is 0. The summed E-state index contributed by atoms with van der Waals surface area (Å²) in [4.78, 5) is 0. The summed E-state index contributed by atoms with van der Waals surface area (Å²) in [6, 6.07) is 0. The molecule has 0 radical (unpaired) electrons. The smallest absolute Gasteiger partial charge is 0.0895 e. The van der Waals surface area contributed by atoms with Crippen molar-refractivity contribution in [2.24, 2.45) is 10.8 Å². The first-order chi connectivity index (χ1) is 6.55. The van der Waals surface area contributed by atoms with Gasteiger partial charge in [-0.25, -0.2) is 0 Å². The highest BCUT2D eigenvalue weighted by molar-refractivity contribution is 5.07. The lowest BCUT2D eigenvalue weighted by atomic mass is 9.88. The summed E-state index contributed by atoms with van der Waals surface area (Å²) in [5.74, 6) is 0. The maximum absolute atomic E-state index is 5.49. The lowest BCUT2D eigenvalue weighted by molar-refractivity contribution is 0.357. The van der Waals surface area contributed by atoms with Crippen LogP contribution in [0.15, 0.2) is 23.7 Å². The molecule has 0 aromatic carbocycles. The standard InChI is InChI=1S/C14H26O/c1-11(13(3,4)5)9-15-10-12(2)14(6,7)8/h9-10H,1-8H3. The molecule has 1 nitrogen and oxygen atoms in total. The first-order valence-electron chi connectivity index (χ1n) is 5.55. The molecule has 0 unspecified atom stereocenters. The van der Waals surface area contributed by atoms with Gasteiger partial charge < -0.3 is 4.74 Å². The van der Waals surface area contributed by atoms with Crippen molar-refractivity contribution in [3.63, 3.8) is 0 Å². The van der Waals surface area contributed by atoms with Crippen LogP contribution in [0.2, 0.25) is 0 Å². The van der Waals surface area contributed by atoms with E-state index in [1.165, 1.54) is 11.1 Å². The van der Waals surface area contributed by atoms with Gasteiger partial charge in [-0.2, -0.15) is 0 Å². The lowest BCUT2D eigenvalue weighted by Crippen LogP contribution is -2.08. The minimum atomic E-state index is 0.184. The van der Waals surface area contributed by atoms with Crippen molar-refractivity contribution in [2.75, 3.05) is 0 Å². The summed E-state index contributed by atoms with van der Waals surface area (Å²) in [6.45, 7) is 17.3. The Morgan fingerprint density at radius 1 is 0.733 bits per heavy atom. The SMILES string of the molecule is CC(=COC=C(C)C(C)(C)C)C(C)(C)C. The first kappa shape index (κ1) is 14.3. The monoisotopic (exact) mass is 210 g/mol. The Kier molecular flexibility index (Phi) is 4.64. The first-order valence-corrected chi connectivity index (χ1v) is 5.55. The summed E-state index contributed by atoms with van der Waals surface area (Å²) < 4.78 is 5.49. The molecule has 0 saturated carbocycles. The van der Waals surface area contributed by atoms with E-state index in [1.54, 1.807) is 0 Å². The summed E-state index contributed by atoms with van der Waals surface area (Å²) in [5.41, 5.74) is 2.87. The molecule has 0 aliphatic carbocycles. The average molecular weight is 210 g/mol. The van der Waals surface area contributed by atoms with Gasteiger partial charge in [-0.1, -0.05) is 41.5 Å². The molecule has 0 rings (SSSR count). The number of hydrogen-bond acceptors (Lipinski definition) is 1. The fourth-order valence-corrected chi connectivity index (χ4v) is 0.592. The molecule has 0 bridgehead atoms. The summed E-state index contributed by atoms with van der Waals surface area (Å²) in [7, 11) is 0. The molecular weight excluding hydrogens is 184 g/mol. The molecule has 0 amide bonds. The van der Waals surface area contributed by atoms with Crippen molar-refractivity contribution in [1.82, 2.24) is 0 Å². The third-order valence-corrected chi connectivity index (χ3v) is 2.86. The fraction of sp³-hybridized carbons (Fsp3) is 0.714.